The highest BCUT2D eigenvalue weighted by atomic mass is 16.5. The van der Waals surface area contributed by atoms with E-state index in [1.807, 2.05) is 0 Å². The lowest BCUT2D eigenvalue weighted by Gasteiger charge is -2.50. The summed E-state index contributed by atoms with van der Waals surface area (Å²) in [7, 11) is 0. The minimum absolute atomic E-state index is 0.416. The number of rotatable bonds is 4. The van der Waals surface area contributed by atoms with Crippen LogP contribution in [0, 0.1) is 0 Å². The molecule has 3 nitrogen and oxygen atoms in total. The van der Waals surface area contributed by atoms with Crippen molar-refractivity contribution in [3.8, 4) is 0 Å². The third-order valence-corrected chi connectivity index (χ3v) is 6.33. The molecule has 2 saturated carbocycles. The van der Waals surface area contributed by atoms with Crippen molar-refractivity contribution in [2.75, 3.05) is 13.1 Å². The molecular formula is C21H32N2O. The Morgan fingerprint density at radius 2 is 1.67 bits per heavy atom. The van der Waals surface area contributed by atoms with Crippen molar-refractivity contribution < 1.29 is 4.74 Å². The van der Waals surface area contributed by atoms with E-state index in [1.54, 1.807) is 0 Å². The highest BCUT2D eigenvalue weighted by molar-refractivity contribution is 5.13. The van der Waals surface area contributed by atoms with Crippen LogP contribution in [0.15, 0.2) is 30.3 Å². The maximum atomic E-state index is 6.45. The standard InChI is InChI=1S/C21H32N2O/c1-2-8-17(9-3-1)16-24-21-13-7-6-12-20(21)23-15-14-22-18-10-4-5-11-19(18)23/h1-3,8-9,18-22H,4-7,10-16H2/t18-,19+,20-,21+/m1/s1. The lowest BCUT2D eigenvalue weighted by molar-refractivity contribution is -0.0722. The molecule has 3 fully saturated rings. The second-order valence-electron chi connectivity index (χ2n) is 7.84. The van der Waals surface area contributed by atoms with E-state index in [2.05, 4.69) is 40.5 Å². The van der Waals surface area contributed by atoms with Crippen LogP contribution in [0.4, 0.5) is 0 Å². The van der Waals surface area contributed by atoms with Crippen LogP contribution in [0.3, 0.4) is 0 Å². The van der Waals surface area contributed by atoms with Gasteiger partial charge < -0.3 is 10.1 Å². The topological polar surface area (TPSA) is 24.5 Å². The molecule has 132 valence electrons. The van der Waals surface area contributed by atoms with Gasteiger partial charge in [-0.15, -0.1) is 0 Å². The largest absolute Gasteiger partial charge is 0.372 e. The molecule has 1 N–H and O–H groups in total. The number of nitrogens with zero attached hydrogens (tertiary/aromatic N) is 1. The van der Waals surface area contributed by atoms with Crippen molar-refractivity contribution >= 4 is 0 Å². The van der Waals surface area contributed by atoms with Gasteiger partial charge in [0.1, 0.15) is 0 Å². The number of ether oxygens (including phenoxy) is 1. The Morgan fingerprint density at radius 1 is 0.917 bits per heavy atom. The maximum absolute atomic E-state index is 6.45. The van der Waals surface area contributed by atoms with Gasteiger partial charge >= 0.3 is 0 Å². The van der Waals surface area contributed by atoms with Crippen molar-refractivity contribution in [1.29, 1.82) is 0 Å². The monoisotopic (exact) mass is 328 g/mol. The summed E-state index contributed by atoms with van der Waals surface area (Å²) >= 11 is 0. The lowest BCUT2D eigenvalue weighted by Crippen LogP contribution is -2.64. The maximum Gasteiger partial charge on any atom is 0.0734 e. The molecule has 0 bridgehead atoms. The molecular weight excluding hydrogens is 296 g/mol. The molecule has 4 atom stereocenters. The smallest absolute Gasteiger partial charge is 0.0734 e. The molecule has 2 aliphatic carbocycles. The van der Waals surface area contributed by atoms with Crippen molar-refractivity contribution in [3.63, 3.8) is 0 Å². The second kappa shape index (κ2) is 7.99. The second-order valence-corrected chi connectivity index (χ2v) is 7.84. The van der Waals surface area contributed by atoms with E-state index in [0.717, 1.165) is 25.2 Å². The summed E-state index contributed by atoms with van der Waals surface area (Å²) in [5.41, 5.74) is 1.30. The fourth-order valence-corrected chi connectivity index (χ4v) is 5.13. The minimum atomic E-state index is 0.416. The first kappa shape index (κ1) is 16.6. The first-order valence-electron chi connectivity index (χ1n) is 10.1. The third kappa shape index (κ3) is 3.68. The van der Waals surface area contributed by atoms with Crippen LogP contribution in [-0.2, 0) is 11.3 Å². The molecule has 0 aromatic heterocycles. The van der Waals surface area contributed by atoms with Gasteiger partial charge in [0.05, 0.1) is 12.7 Å². The zero-order chi connectivity index (χ0) is 16.2. The zero-order valence-corrected chi connectivity index (χ0v) is 14.8. The molecule has 0 spiro atoms. The third-order valence-electron chi connectivity index (χ3n) is 6.33. The molecule has 3 heteroatoms. The summed E-state index contributed by atoms with van der Waals surface area (Å²) < 4.78 is 6.45. The van der Waals surface area contributed by atoms with Gasteiger partial charge in [0, 0.05) is 31.2 Å². The first-order valence-corrected chi connectivity index (χ1v) is 10.1. The quantitative estimate of drug-likeness (QED) is 0.911. The summed E-state index contributed by atoms with van der Waals surface area (Å²) in [5, 5.41) is 3.78. The van der Waals surface area contributed by atoms with Crippen molar-refractivity contribution in [3.05, 3.63) is 35.9 Å². The van der Waals surface area contributed by atoms with Crippen LogP contribution in [0.2, 0.25) is 0 Å². The van der Waals surface area contributed by atoms with Gasteiger partial charge in [-0.25, -0.2) is 0 Å². The van der Waals surface area contributed by atoms with Crippen LogP contribution in [0.1, 0.15) is 56.9 Å². The summed E-state index contributed by atoms with van der Waals surface area (Å²) in [5.74, 6) is 0. The lowest BCUT2D eigenvalue weighted by atomic mass is 9.83. The number of hydrogen-bond acceptors (Lipinski definition) is 3. The molecule has 4 rings (SSSR count). The summed E-state index contributed by atoms with van der Waals surface area (Å²) in [6, 6.07) is 12.8. The minimum Gasteiger partial charge on any atom is -0.372 e. The van der Waals surface area contributed by atoms with Crippen molar-refractivity contribution in [1.82, 2.24) is 10.2 Å². The average Bonchev–Trinajstić information content (AvgIpc) is 2.67. The van der Waals surface area contributed by atoms with E-state index in [-0.39, 0.29) is 0 Å². The van der Waals surface area contributed by atoms with E-state index in [0.29, 0.717) is 12.1 Å². The Hall–Kier alpha value is -0.900. The van der Waals surface area contributed by atoms with Gasteiger partial charge in [0.15, 0.2) is 0 Å². The fourth-order valence-electron chi connectivity index (χ4n) is 5.13. The Balaban J connectivity index is 1.43. The number of nitrogens with one attached hydrogen (secondary N) is 1. The highest BCUT2D eigenvalue weighted by Gasteiger charge is 2.40. The number of benzene rings is 1. The van der Waals surface area contributed by atoms with Crippen LogP contribution < -0.4 is 5.32 Å². The summed E-state index contributed by atoms with van der Waals surface area (Å²) in [6.45, 7) is 3.13. The van der Waals surface area contributed by atoms with Gasteiger partial charge in [0.25, 0.3) is 0 Å². The Kier molecular flexibility index (Phi) is 5.51. The van der Waals surface area contributed by atoms with Gasteiger partial charge in [-0.2, -0.15) is 0 Å². The van der Waals surface area contributed by atoms with Crippen LogP contribution in [-0.4, -0.2) is 42.2 Å². The molecule has 1 saturated heterocycles. The number of fused-ring (bicyclic) bond motifs is 1. The van der Waals surface area contributed by atoms with Crippen molar-refractivity contribution in [2.45, 2.75) is 82.2 Å². The van der Waals surface area contributed by atoms with Crippen LogP contribution in [0.25, 0.3) is 0 Å². The number of hydrogen-bond donors (Lipinski definition) is 1. The molecule has 24 heavy (non-hydrogen) atoms. The average molecular weight is 329 g/mol. The van der Waals surface area contributed by atoms with Crippen LogP contribution >= 0.6 is 0 Å². The van der Waals surface area contributed by atoms with Gasteiger partial charge in [-0.3, -0.25) is 4.90 Å². The molecule has 0 amide bonds. The molecule has 0 unspecified atom stereocenters. The van der Waals surface area contributed by atoms with E-state index in [1.165, 1.54) is 63.5 Å². The van der Waals surface area contributed by atoms with Gasteiger partial charge in [-0.05, 0) is 31.2 Å². The van der Waals surface area contributed by atoms with E-state index < -0.39 is 0 Å². The zero-order valence-electron chi connectivity index (χ0n) is 14.8. The molecule has 1 aromatic carbocycles. The number of piperazine rings is 1. The Labute approximate surface area is 146 Å². The van der Waals surface area contributed by atoms with Crippen LogP contribution in [0.5, 0.6) is 0 Å². The predicted molar refractivity (Wildman–Crippen MR) is 98.0 cm³/mol. The van der Waals surface area contributed by atoms with Gasteiger partial charge in [-0.1, -0.05) is 56.0 Å². The SMILES string of the molecule is c1ccc(CO[C@H]2CCCC[C@H]2N2CCN[C@@H]3CCCC[C@@H]32)cc1. The highest BCUT2D eigenvalue weighted by Crippen LogP contribution is 2.33. The molecule has 0 radical (unpaired) electrons. The molecule has 1 heterocycles. The Bertz CT molecular complexity index is 504. The molecule has 3 aliphatic rings. The van der Waals surface area contributed by atoms with Gasteiger partial charge in [0.2, 0.25) is 0 Å². The van der Waals surface area contributed by atoms with Crippen molar-refractivity contribution in [2.24, 2.45) is 0 Å². The van der Waals surface area contributed by atoms with E-state index in [4.69, 9.17) is 4.74 Å². The fraction of sp³-hybridized carbons (Fsp3) is 0.714. The summed E-state index contributed by atoms with van der Waals surface area (Å²) in [4.78, 5) is 2.84. The normalized spacial score (nSPS) is 34.7. The Morgan fingerprint density at radius 3 is 2.54 bits per heavy atom. The predicted octanol–water partition coefficient (Wildman–Crippen LogP) is 3.73. The van der Waals surface area contributed by atoms with E-state index in [9.17, 15) is 0 Å². The molecule has 1 aromatic rings. The molecule has 1 aliphatic heterocycles. The summed E-state index contributed by atoms with van der Waals surface area (Å²) in [6.07, 6.45) is 11.2. The van der Waals surface area contributed by atoms with E-state index >= 15 is 0 Å². The first-order chi connectivity index (χ1) is 11.9.